The molecule has 0 N–H and O–H groups in total. The molecule has 2 heterocycles. The number of benzene rings is 1. The minimum atomic E-state index is 0.166. The van der Waals surface area contributed by atoms with Crippen molar-refractivity contribution in [2.24, 2.45) is 5.92 Å². The van der Waals surface area contributed by atoms with Crippen LogP contribution >= 0.6 is 0 Å². The predicted molar refractivity (Wildman–Crippen MR) is 93.1 cm³/mol. The van der Waals surface area contributed by atoms with Crippen LogP contribution in [0, 0.1) is 5.92 Å². The van der Waals surface area contributed by atoms with Crippen molar-refractivity contribution in [3.8, 4) is 5.75 Å². The normalized spacial score (nSPS) is 23.2. The maximum Gasteiger partial charge on any atom is 0.219 e. The van der Waals surface area contributed by atoms with Crippen LogP contribution in [-0.4, -0.2) is 62.2 Å². The molecule has 2 aliphatic heterocycles. The van der Waals surface area contributed by atoms with Gasteiger partial charge in [0.15, 0.2) is 0 Å². The maximum absolute atomic E-state index is 11.8. The summed E-state index contributed by atoms with van der Waals surface area (Å²) in [5.41, 5.74) is 1.26. The molecule has 1 amide bonds. The molecule has 0 saturated carbocycles. The van der Waals surface area contributed by atoms with Crippen molar-refractivity contribution in [2.75, 3.05) is 46.5 Å². The van der Waals surface area contributed by atoms with Gasteiger partial charge in [0, 0.05) is 46.3 Å². The minimum Gasteiger partial charge on any atom is -0.497 e. The first kappa shape index (κ1) is 17.2. The number of hydrogen-bond acceptors (Lipinski definition) is 4. The fraction of sp³-hybridized carbons (Fsp3) is 0.632. The number of ether oxygens (including phenoxy) is 2. The van der Waals surface area contributed by atoms with Crippen molar-refractivity contribution in [1.82, 2.24) is 9.80 Å². The van der Waals surface area contributed by atoms with Crippen molar-refractivity contribution in [3.63, 3.8) is 0 Å². The molecule has 5 nitrogen and oxygen atoms in total. The average molecular weight is 332 g/mol. The van der Waals surface area contributed by atoms with E-state index in [9.17, 15) is 4.79 Å². The van der Waals surface area contributed by atoms with E-state index in [4.69, 9.17) is 9.47 Å². The van der Waals surface area contributed by atoms with Crippen molar-refractivity contribution in [3.05, 3.63) is 29.8 Å². The summed E-state index contributed by atoms with van der Waals surface area (Å²) < 4.78 is 10.8. The lowest BCUT2D eigenvalue weighted by atomic mass is 9.96. The summed E-state index contributed by atoms with van der Waals surface area (Å²) in [6.07, 6.45) is 2.28. The fourth-order valence-corrected chi connectivity index (χ4v) is 3.73. The largest absolute Gasteiger partial charge is 0.497 e. The Labute approximate surface area is 144 Å². The van der Waals surface area contributed by atoms with Gasteiger partial charge in [0.2, 0.25) is 5.91 Å². The summed E-state index contributed by atoms with van der Waals surface area (Å²) in [5.74, 6) is 1.73. The molecular weight excluding hydrogens is 304 g/mol. The van der Waals surface area contributed by atoms with Crippen molar-refractivity contribution >= 4 is 5.91 Å². The molecule has 5 heteroatoms. The molecule has 1 aromatic rings. The third-order valence-electron chi connectivity index (χ3n) is 5.27. The van der Waals surface area contributed by atoms with Gasteiger partial charge in [-0.25, -0.2) is 0 Å². The average Bonchev–Trinajstić information content (AvgIpc) is 2.63. The molecular formula is C19H28N2O3. The fourth-order valence-electron chi connectivity index (χ4n) is 3.73. The summed E-state index contributed by atoms with van der Waals surface area (Å²) in [4.78, 5) is 16.4. The van der Waals surface area contributed by atoms with Gasteiger partial charge in [0.25, 0.3) is 0 Å². The highest BCUT2D eigenvalue weighted by Gasteiger charge is 2.31. The SMILES string of the molecule is COc1ccc(C2CN(C(C)=O)CCN2CC2CCOCC2)cc1. The summed E-state index contributed by atoms with van der Waals surface area (Å²) in [6, 6.07) is 8.54. The number of carbonyl (C=O) groups excluding carboxylic acids is 1. The molecule has 24 heavy (non-hydrogen) atoms. The molecule has 132 valence electrons. The van der Waals surface area contributed by atoms with Crippen molar-refractivity contribution < 1.29 is 14.3 Å². The van der Waals surface area contributed by atoms with E-state index in [2.05, 4.69) is 17.0 Å². The lowest BCUT2D eigenvalue weighted by Gasteiger charge is -2.43. The molecule has 3 rings (SSSR count). The van der Waals surface area contributed by atoms with Crippen LogP contribution in [0.4, 0.5) is 0 Å². The lowest BCUT2D eigenvalue weighted by molar-refractivity contribution is -0.132. The Morgan fingerprint density at radius 3 is 2.54 bits per heavy atom. The summed E-state index contributed by atoms with van der Waals surface area (Å²) in [6.45, 7) is 7.05. The summed E-state index contributed by atoms with van der Waals surface area (Å²) in [5, 5.41) is 0. The van der Waals surface area contributed by atoms with Crippen LogP contribution in [-0.2, 0) is 9.53 Å². The van der Waals surface area contributed by atoms with E-state index in [0.717, 1.165) is 58.0 Å². The monoisotopic (exact) mass is 332 g/mol. The topological polar surface area (TPSA) is 42.0 Å². The van der Waals surface area contributed by atoms with Crippen LogP contribution in [0.5, 0.6) is 5.75 Å². The van der Waals surface area contributed by atoms with E-state index in [1.54, 1.807) is 14.0 Å². The zero-order chi connectivity index (χ0) is 16.9. The Balaban J connectivity index is 1.75. The van der Waals surface area contributed by atoms with Crippen LogP contribution in [0.2, 0.25) is 0 Å². The van der Waals surface area contributed by atoms with Gasteiger partial charge in [-0.05, 0) is 36.5 Å². The van der Waals surface area contributed by atoms with E-state index in [0.29, 0.717) is 5.92 Å². The Morgan fingerprint density at radius 1 is 1.21 bits per heavy atom. The zero-order valence-electron chi connectivity index (χ0n) is 14.7. The standard InChI is InChI=1S/C19H28N2O3/c1-15(22)20-9-10-21(13-16-7-11-24-12-8-16)19(14-20)17-3-5-18(23-2)6-4-17/h3-6,16,19H,7-14H2,1-2H3. The van der Waals surface area contributed by atoms with E-state index < -0.39 is 0 Å². The first-order valence-corrected chi connectivity index (χ1v) is 8.88. The second-order valence-electron chi connectivity index (χ2n) is 6.80. The van der Waals surface area contributed by atoms with Gasteiger partial charge in [-0.1, -0.05) is 12.1 Å². The molecule has 0 aliphatic carbocycles. The second-order valence-corrected chi connectivity index (χ2v) is 6.80. The van der Waals surface area contributed by atoms with E-state index >= 15 is 0 Å². The maximum atomic E-state index is 11.8. The molecule has 2 saturated heterocycles. The van der Waals surface area contributed by atoms with Crippen LogP contribution in [0.25, 0.3) is 0 Å². The molecule has 0 radical (unpaired) electrons. The summed E-state index contributed by atoms with van der Waals surface area (Å²) >= 11 is 0. The van der Waals surface area contributed by atoms with Crippen molar-refractivity contribution in [2.45, 2.75) is 25.8 Å². The third-order valence-corrected chi connectivity index (χ3v) is 5.27. The van der Waals surface area contributed by atoms with Crippen LogP contribution in [0.3, 0.4) is 0 Å². The molecule has 0 spiro atoms. The number of nitrogens with zero attached hydrogens (tertiary/aromatic N) is 2. The highest BCUT2D eigenvalue weighted by Crippen LogP contribution is 2.29. The molecule has 2 fully saturated rings. The Morgan fingerprint density at radius 2 is 1.92 bits per heavy atom. The Bertz CT molecular complexity index is 540. The molecule has 1 unspecified atom stereocenters. The van der Waals surface area contributed by atoms with Gasteiger partial charge in [-0.2, -0.15) is 0 Å². The van der Waals surface area contributed by atoms with E-state index in [-0.39, 0.29) is 11.9 Å². The molecule has 1 atom stereocenters. The van der Waals surface area contributed by atoms with Gasteiger partial charge in [-0.15, -0.1) is 0 Å². The molecule has 1 aromatic carbocycles. The minimum absolute atomic E-state index is 0.166. The molecule has 0 aromatic heterocycles. The van der Waals surface area contributed by atoms with Gasteiger partial charge in [0.05, 0.1) is 13.2 Å². The zero-order valence-corrected chi connectivity index (χ0v) is 14.7. The van der Waals surface area contributed by atoms with Crippen molar-refractivity contribution in [1.29, 1.82) is 0 Å². The third kappa shape index (κ3) is 4.08. The smallest absolute Gasteiger partial charge is 0.219 e. The quantitative estimate of drug-likeness (QED) is 0.849. The number of methoxy groups -OCH3 is 1. The molecule has 2 aliphatic rings. The number of hydrogen-bond donors (Lipinski definition) is 0. The Hall–Kier alpha value is -1.59. The highest BCUT2D eigenvalue weighted by atomic mass is 16.5. The predicted octanol–water partition coefficient (Wildman–Crippen LogP) is 2.33. The van der Waals surface area contributed by atoms with Crippen LogP contribution < -0.4 is 4.74 Å². The van der Waals surface area contributed by atoms with E-state index in [1.165, 1.54) is 5.56 Å². The Kier molecular flexibility index (Phi) is 5.74. The molecule has 0 bridgehead atoms. The van der Waals surface area contributed by atoms with Gasteiger partial charge >= 0.3 is 0 Å². The first-order chi connectivity index (χ1) is 11.7. The van der Waals surface area contributed by atoms with Crippen LogP contribution in [0.1, 0.15) is 31.4 Å². The van der Waals surface area contributed by atoms with Gasteiger partial charge in [-0.3, -0.25) is 9.69 Å². The number of carbonyl (C=O) groups is 1. The lowest BCUT2D eigenvalue weighted by Crippen LogP contribution is -2.51. The number of piperazine rings is 1. The summed E-state index contributed by atoms with van der Waals surface area (Å²) in [7, 11) is 1.69. The first-order valence-electron chi connectivity index (χ1n) is 8.88. The number of amides is 1. The second kappa shape index (κ2) is 7.99. The number of rotatable bonds is 4. The highest BCUT2D eigenvalue weighted by molar-refractivity contribution is 5.73. The van der Waals surface area contributed by atoms with Crippen LogP contribution in [0.15, 0.2) is 24.3 Å². The van der Waals surface area contributed by atoms with Gasteiger partial charge < -0.3 is 14.4 Å². The van der Waals surface area contributed by atoms with Gasteiger partial charge in [0.1, 0.15) is 5.75 Å². The van der Waals surface area contributed by atoms with E-state index in [1.807, 2.05) is 17.0 Å².